The van der Waals surface area contributed by atoms with Crippen LogP contribution in [0.1, 0.15) is 27.7 Å². The van der Waals surface area contributed by atoms with E-state index in [9.17, 15) is 18.9 Å². The molecule has 0 spiro atoms. The molecule has 0 aromatic heterocycles. The molecule has 0 bridgehead atoms. The Morgan fingerprint density at radius 2 is 0.958 bits per heavy atom. The van der Waals surface area contributed by atoms with Crippen LogP contribution in [0.4, 0.5) is 0 Å². The molecule has 0 aliphatic carbocycles. The van der Waals surface area contributed by atoms with Crippen LogP contribution in [0.15, 0.2) is 60.7 Å². The Bertz CT molecular complexity index is 657. The van der Waals surface area contributed by atoms with E-state index in [0.717, 1.165) is 0 Å². The summed E-state index contributed by atoms with van der Waals surface area (Å²) in [4.78, 5) is 19.2. The Hall–Kier alpha value is -1.18. The molecule has 0 unspecified atom stereocenters. The standard InChI is InChI=1S/C12H11O2P.C6H15O2P/c13-15(14,11-7-3-1-4-8-11)12-9-5-2-6-10-12;1-5(2)9(7,8)6(3)4/h1-10H,(H,13,14);5-6H,1-4H3,(H,7,8). The summed E-state index contributed by atoms with van der Waals surface area (Å²) in [5, 5.41) is 0.937. The van der Waals surface area contributed by atoms with Crippen LogP contribution in [0.2, 0.25) is 0 Å². The smallest absolute Gasteiger partial charge is 0.258 e. The third-order valence-electron chi connectivity index (χ3n) is 3.69. The first-order chi connectivity index (χ1) is 11.1. The lowest BCUT2D eigenvalue weighted by molar-refractivity contribution is 0.459. The summed E-state index contributed by atoms with van der Waals surface area (Å²) >= 11 is 0. The fourth-order valence-electron chi connectivity index (χ4n) is 2.01. The molecule has 2 rings (SSSR count). The van der Waals surface area contributed by atoms with Crippen molar-refractivity contribution in [3.63, 3.8) is 0 Å². The van der Waals surface area contributed by atoms with Gasteiger partial charge in [0.05, 0.1) is 0 Å². The van der Waals surface area contributed by atoms with E-state index in [1.54, 1.807) is 76.2 Å². The van der Waals surface area contributed by atoms with Gasteiger partial charge in [0.25, 0.3) is 7.37 Å². The molecule has 0 atom stereocenters. The fourth-order valence-corrected chi connectivity index (χ4v) is 4.65. The molecule has 2 aromatic rings. The first kappa shape index (κ1) is 20.9. The minimum Gasteiger partial charge on any atom is -0.344 e. The molecule has 4 nitrogen and oxygen atoms in total. The van der Waals surface area contributed by atoms with Gasteiger partial charge in [0, 0.05) is 21.9 Å². The van der Waals surface area contributed by atoms with Crippen molar-refractivity contribution >= 4 is 25.3 Å². The molecule has 0 aliphatic heterocycles. The van der Waals surface area contributed by atoms with Gasteiger partial charge in [0.15, 0.2) is 0 Å². The lowest BCUT2D eigenvalue weighted by Crippen LogP contribution is -2.14. The molecule has 0 heterocycles. The Labute approximate surface area is 144 Å². The van der Waals surface area contributed by atoms with Gasteiger partial charge in [0.1, 0.15) is 0 Å². The van der Waals surface area contributed by atoms with Gasteiger partial charge in [-0.05, 0) is 24.3 Å². The monoisotopic (exact) mass is 368 g/mol. The molecular formula is C18H26O4P2. The van der Waals surface area contributed by atoms with Crippen LogP contribution in [0, 0.1) is 0 Å². The molecule has 0 fully saturated rings. The van der Waals surface area contributed by atoms with E-state index in [2.05, 4.69) is 0 Å². The molecule has 0 saturated heterocycles. The largest absolute Gasteiger partial charge is 0.344 e. The predicted octanol–water partition coefficient (Wildman–Crippen LogP) is 3.98. The fraction of sp³-hybridized carbons (Fsp3) is 0.333. The summed E-state index contributed by atoms with van der Waals surface area (Å²) in [6, 6.07) is 17.4. The summed E-state index contributed by atoms with van der Waals surface area (Å²) < 4.78 is 23.3. The van der Waals surface area contributed by atoms with Crippen molar-refractivity contribution < 1.29 is 18.9 Å². The lowest BCUT2D eigenvalue weighted by Gasteiger charge is -2.18. The molecule has 132 valence electrons. The zero-order valence-corrected chi connectivity index (χ0v) is 16.3. The molecule has 24 heavy (non-hydrogen) atoms. The van der Waals surface area contributed by atoms with Gasteiger partial charge in [-0.15, -0.1) is 0 Å². The normalized spacial score (nSPS) is 12.0. The van der Waals surface area contributed by atoms with Crippen molar-refractivity contribution in [1.29, 1.82) is 0 Å². The van der Waals surface area contributed by atoms with E-state index in [4.69, 9.17) is 0 Å². The van der Waals surface area contributed by atoms with Crippen LogP contribution in [0.5, 0.6) is 0 Å². The van der Waals surface area contributed by atoms with E-state index in [1.165, 1.54) is 0 Å². The Kier molecular flexibility index (Phi) is 7.63. The van der Waals surface area contributed by atoms with E-state index < -0.39 is 14.7 Å². The van der Waals surface area contributed by atoms with Crippen LogP contribution in [0.3, 0.4) is 0 Å². The van der Waals surface area contributed by atoms with Crippen molar-refractivity contribution in [3.8, 4) is 0 Å². The van der Waals surface area contributed by atoms with Crippen molar-refractivity contribution in [1.82, 2.24) is 0 Å². The van der Waals surface area contributed by atoms with Gasteiger partial charge in [0.2, 0.25) is 7.37 Å². The van der Waals surface area contributed by atoms with Gasteiger partial charge < -0.3 is 9.79 Å². The first-order valence-electron chi connectivity index (χ1n) is 7.86. The Morgan fingerprint density at radius 3 is 1.17 bits per heavy atom. The van der Waals surface area contributed by atoms with E-state index in [-0.39, 0.29) is 11.3 Å². The van der Waals surface area contributed by atoms with Crippen LogP contribution in [0.25, 0.3) is 0 Å². The molecular weight excluding hydrogens is 342 g/mol. The minimum atomic E-state index is -3.40. The highest BCUT2D eigenvalue weighted by Gasteiger charge is 2.26. The second-order valence-corrected chi connectivity index (χ2v) is 11.7. The predicted molar refractivity (Wildman–Crippen MR) is 102 cm³/mol. The summed E-state index contributed by atoms with van der Waals surface area (Å²) in [5.41, 5.74) is -0.199. The summed E-state index contributed by atoms with van der Waals surface area (Å²) in [7, 11) is -6.23. The van der Waals surface area contributed by atoms with Crippen LogP contribution < -0.4 is 10.6 Å². The summed E-state index contributed by atoms with van der Waals surface area (Å²) in [6.45, 7) is 7.11. The molecule has 0 amide bonds. The van der Waals surface area contributed by atoms with Gasteiger partial charge in [-0.2, -0.15) is 0 Å². The Morgan fingerprint density at radius 1 is 0.667 bits per heavy atom. The van der Waals surface area contributed by atoms with E-state index in [1.807, 2.05) is 12.1 Å². The first-order valence-corrected chi connectivity index (χ1v) is 11.3. The highest BCUT2D eigenvalue weighted by Crippen LogP contribution is 2.50. The van der Waals surface area contributed by atoms with E-state index >= 15 is 0 Å². The molecule has 0 saturated carbocycles. The average molecular weight is 368 g/mol. The van der Waals surface area contributed by atoms with Crippen molar-refractivity contribution in [2.45, 2.75) is 39.0 Å². The van der Waals surface area contributed by atoms with Crippen LogP contribution >= 0.6 is 14.7 Å². The molecule has 6 heteroatoms. The van der Waals surface area contributed by atoms with Gasteiger partial charge in [-0.3, -0.25) is 9.13 Å². The highest BCUT2D eigenvalue weighted by molar-refractivity contribution is 7.73. The number of hydrogen-bond donors (Lipinski definition) is 2. The second-order valence-electron chi connectivity index (χ2n) is 6.11. The zero-order chi connectivity index (χ0) is 18.4. The van der Waals surface area contributed by atoms with Gasteiger partial charge in [-0.1, -0.05) is 64.1 Å². The van der Waals surface area contributed by atoms with Crippen molar-refractivity contribution in [2.75, 3.05) is 0 Å². The Balaban J connectivity index is 0.000000277. The van der Waals surface area contributed by atoms with Crippen molar-refractivity contribution in [3.05, 3.63) is 60.7 Å². The molecule has 2 N–H and O–H groups in total. The van der Waals surface area contributed by atoms with Crippen LogP contribution in [-0.2, 0) is 9.13 Å². The summed E-state index contributed by atoms with van der Waals surface area (Å²) in [5.74, 6) is 0. The third kappa shape index (κ3) is 5.43. The summed E-state index contributed by atoms with van der Waals surface area (Å²) in [6.07, 6.45) is 0. The molecule has 0 radical (unpaired) electrons. The maximum absolute atomic E-state index is 12.2. The average Bonchev–Trinajstić information content (AvgIpc) is 2.56. The number of rotatable bonds is 4. The van der Waals surface area contributed by atoms with E-state index in [0.29, 0.717) is 10.6 Å². The maximum Gasteiger partial charge on any atom is 0.258 e. The highest BCUT2D eigenvalue weighted by atomic mass is 31.2. The minimum absolute atomic E-state index is 0.0995. The maximum atomic E-state index is 12.2. The molecule has 0 aliphatic rings. The topological polar surface area (TPSA) is 74.6 Å². The quantitative estimate of drug-likeness (QED) is 0.801. The van der Waals surface area contributed by atoms with Gasteiger partial charge >= 0.3 is 0 Å². The second kappa shape index (κ2) is 8.78. The van der Waals surface area contributed by atoms with Crippen LogP contribution in [-0.4, -0.2) is 21.1 Å². The lowest BCUT2D eigenvalue weighted by atomic mass is 10.4. The number of hydrogen-bond acceptors (Lipinski definition) is 2. The number of benzene rings is 2. The third-order valence-corrected chi connectivity index (χ3v) is 8.65. The van der Waals surface area contributed by atoms with Gasteiger partial charge in [-0.25, -0.2) is 0 Å². The zero-order valence-electron chi connectivity index (χ0n) is 14.5. The van der Waals surface area contributed by atoms with Crippen molar-refractivity contribution in [2.24, 2.45) is 0 Å². The SMILES string of the molecule is CC(C)P(=O)(O)C(C)C.O=P(O)(c1ccccc1)c1ccccc1. The molecule has 2 aromatic carbocycles.